The van der Waals surface area contributed by atoms with E-state index in [4.69, 9.17) is 0 Å². The monoisotopic (exact) mass is 337 g/mol. The minimum Gasteiger partial charge on any atom is -0.356 e. The molecule has 3 heterocycles. The van der Waals surface area contributed by atoms with Crippen LogP contribution in [0.15, 0.2) is 42.7 Å². The summed E-state index contributed by atoms with van der Waals surface area (Å²) in [5, 5.41) is 0. The number of nitrogens with zero attached hydrogens (tertiary/aromatic N) is 5. The van der Waals surface area contributed by atoms with E-state index < -0.39 is 0 Å². The first-order chi connectivity index (χ1) is 12.4. The van der Waals surface area contributed by atoms with Gasteiger partial charge in [0, 0.05) is 51.9 Å². The molecular weight excluding hydrogens is 310 g/mol. The van der Waals surface area contributed by atoms with E-state index in [0.29, 0.717) is 0 Å². The van der Waals surface area contributed by atoms with Gasteiger partial charge < -0.3 is 9.80 Å². The minimum absolute atomic E-state index is 1.05. The van der Waals surface area contributed by atoms with Gasteiger partial charge in [-0.3, -0.25) is 4.90 Å². The van der Waals surface area contributed by atoms with E-state index in [1.54, 1.807) is 6.33 Å². The molecule has 0 unspecified atom stereocenters. The molecule has 0 N–H and O–H groups in total. The van der Waals surface area contributed by atoms with Crippen LogP contribution in [0.25, 0.3) is 0 Å². The molecule has 5 heteroatoms. The third-order valence-corrected chi connectivity index (χ3v) is 5.32. The van der Waals surface area contributed by atoms with Gasteiger partial charge in [-0.15, -0.1) is 0 Å². The molecule has 0 spiro atoms. The van der Waals surface area contributed by atoms with Crippen molar-refractivity contribution in [3.05, 3.63) is 48.3 Å². The number of hydrogen-bond donors (Lipinski definition) is 0. The van der Waals surface area contributed by atoms with Crippen LogP contribution in [0, 0.1) is 0 Å². The molecule has 1 aromatic heterocycles. The van der Waals surface area contributed by atoms with Gasteiger partial charge in [0.1, 0.15) is 18.0 Å². The molecule has 0 radical (unpaired) electrons. The SMILES string of the molecule is c1ccc(CCN2CCN(c3cc(N4CCCC4)ncn3)CC2)cc1. The lowest BCUT2D eigenvalue weighted by Gasteiger charge is -2.35. The predicted molar refractivity (Wildman–Crippen MR) is 102 cm³/mol. The zero-order valence-electron chi connectivity index (χ0n) is 14.8. The number of rotatable bonds is 5. The Labute approximate surface area is 150 Å². The summed E-state index contributed by atoms with van der Waals surface area (Å²) in [5.41, 5.74) is 1.43. The van der Waals surface area contributed by atoms with Crippen molar-refractivity contribution >= 4 is 11.6 Å². The highest BCUT2D eigenvalue weighted by molar-refractivity contribution is 5.50. The zero-order valence-corrected chi connectivity index (χ0v) is 14.8. The molecule has 2 aliphatic heterocycles. The van der Waals surface area contributed by atoms with Crippen molar-refractivity contribution in [2.24, 2.45) is 0 Å². The topological polar surface area (TPSA) is 35.5 Å². The van der Waals surface area contributed by atoms with E-state index in [1.165, 1.54) is 18.4 Å². The van der Waals surface area contributed by atoms with Gasteiger partial charge in [0.2, 0.25) is 0 Å². The maximum atomic E-state index is 4.52. The molecule has 0 atom stereocenters. The molecule has 0 bridgehead atoms. The molecule has 25 heavy (non-hydrogen) atoms. The second-order valence-electron chi connectivity index (χ2n) is 6.99. The van der Waals surface area contributed by atoms with Crippen LogP contribution in [0.4, 0.5) is 11.6 Å². The standard InChI is InChI=1S/C20H27N5/c1-2-6-18(7-3-1)8-11-23-12-14-25(15-13-23)20-16-19(21-17-22-20)24-9-4-5-10-24/h1-3,6-7,16-17H,4-5,8-15H2. The maximum absolute atomic E-state index is 4.52. The Balaban J connectivity index is 1.30. The predicted octanol–water partition coefficient (Wildman–Crippen LogP) is 2.44. The Morgan fingerprint density at radius 1 is 0.760 bits per heavy atom. The Morgan fingerprint density at radius 3 is 2.08 bits per heavy atom. The number of piperazine rings is 1. The van der Waals surface area contributed by atoms with Gasteiger partial charge in [-0.1, -0.05) is 30.3 Å². The highest BCUT2D eigenvalue weighted by Gasteiger charge is 2.20. The Kier molecular flexibility index (Phi) is 5.11. The van der Waals surface area contributed by atoms with Gasteiger partial charge in [-0.2, -0.15) is 0 Å². The molecule has 2 aliphatic rings. The van der Waals surface area contributed by atoms with Crippen LogP contribution >= 0.6 is 0 Å². The molecule has 2 fully saturated rings. The normalized spacial score (nSPS) is 18.7. The van der Waals surface area contributed by atoms with Gasteiger partial charge in [0.15, 0.2) is 0 Å². The molecule has 1 aromatic carbocycles. The van der Waals surface area contributed by atoms with Crippen molar-refractivity contribution in [3.8, 4) is 0 Å². The molecule has 0 saturated carbocycles. The van der Waals surface area contributed by atoms with Crippen molar-refractivity contribution in [2.45, 2.75) is 19.3 Å². The Bertz CT molecular complexity index is 661. The minimum atomic E-state index is 1.05. The summed E-state index contributed by atoms with van der Waals surface area (Å²) < 4.78 is 0. The summed E-state index contributed by atoms with van der Waals surface area (Å²) in [6.45, 7) is 7.70. The second-order valence-corrected chi connectivity index (χ2v) is 6.99. The van der Waals surface area contributed by atoms with Gasteiger partial charge in [-0.25, -0.2) is 9.97 Å². The number of aromatic nitrogens is 2. The first-order valence-electron chi connectivity index (χ1n) is 9.47. The van der Waals surface area contributed by atoms with E-state index in [0.717, 1.165) is 63.9 Å². The number of hydrogen-bond acceptors (Lipinski definition) is 5. The van der Waals surface area contributed by atoms with E-state index in [-0.39, 0.29) is 0 Å². The summed E-state index contributed by atoms with van der Waals surface area (Å²) in [5.74, 6) is 2.17. The summed E-state index contributed by atoms with van der Waals surface area (Å²) >= 11 is 0. The number of benzene rings is 1. The summed E-state index contributed by atoms with van der Waals surface area (Å²) in [7, 11) is 0. The van der Waals surface area contributed by atoms with Crippen molar-refractivity contribution in [1.29, 1.82) is 0 Å². The van der Waals surface area contributed by atoms with Crippen molar-refractivity contribution < 1.29 is 0 Å². The third kappa shape index (κ3) is 4.10. The van der Waals surface area contributed by atoms with Crippen molar-refractivity contribution in [2.75, 3.05) is 55.6 Å². The van der Waals surface area contributed by atoms with E-state index in [2.05, 4.69) is 61.1 Å². The largest absolute Gasteiger partial charge is 0.356 e. The molecule has 2 saturated heterocycles. The zero-order chi connectivity index (χ0) is 16.9. The van der Waals surface area contributed by atoms with E-state index >= 15 is 0 Å². The maximum Gasteiger partial charge on any atom is 0.134 e. The molecule has 0 amide bonds. The third-order valence-electron chi connectivity index (χ3n) is 5.32. The van der Waals surface area contributed by atoms with Gasteiger partial charge in [0.05, 0.1) is 0 Å². The van der Waals surface area contributed by atoms with Gasteiger partial charge in [-0.05, 0) is 24.8 Å². The summed E-state index contributed by atoms with van der Waals surface area (Å²) in [6, 6.07) is 12.9. The Morgan fingerprint density at radius 2 is 1.40 bits per heavy atom. The lowest BCUT2D eigenvalue weighted by atomic mass is 10.1. The van der Waals surface area contributed by atoms with Crippen LogP contribution < -0.4 is 9.80 Å². The molecular formula is C20H27N5. The average Bonchev–Trinajstić information content (AvgIpc) is 3.23. The first kappa shape index (κ1) is 16.3. The quantitative estimate of drug-likeness (QED) is 0.837. The van der Waals surface area contributed by atoms with Crippen LogP contribution in [0.3, 0.4) is 0 Å². The fourth-order valence-corrected chi connectivity index (χ4v) is 3.76. The smallest absolute Gasteiger partial charge is 0.134 e. The lowest BCUT2D eigenvalue weighted by Crippen LogP contribution is -2.47. The van der Waals surface area contributed by atoms with E-state index in [9.17, 15) is 0 Å². The van der Waals surface area contributed by atoms with Crippen molar-refractivity contribution in [1.82, 2.24) is 14.9 Å². The second kappa shape index (κ2) is 7.83. The van der Waals surface area contributed by atoms with Crippen LogP contribution in [-0.2, 0) is 6.42 Å². The highest BCUT2D eigenvalue weighted by atomic mass is 15.3. The average molecular weight is 337 g/mol. The first-order valence-corrected chi connectivity index (χ1v) is 9.47. The molecule has 0 aliphatic carbocycles. The fourth-order valence-electron chi connectivity index (χ4n) is 3.76. The van der Waals surface area contributed by atoms with Gasteiger partial charge in [0.25, 0.3) is 0 Å². The van der Waals surface area contributed by atoms with Crippen molar-refractivity contribution in [3.63, 3.8) is 0 Å². The van der Waals surface area contributed by atoms with Crippen LogP contribution in [0.1, 0.15) is 18.4 Å². The summed E-state index contributed by atoms with van der Waals surface area (Å²) in [4.78, 5) is 16.3. The van der Waals surface area contributed by atoms with Crippen LogP contribution in [0.2, 0.25) is 0 Å². The van der Waals surface area contributed by atoms with Crippen LogP contribution in [-0.4, -0.2) is 60.7 Å². The van der Waals surface area contributed by atoms with Gasteiger partial charge >= 0.3 is 0 Å². The lowest BCUT2D eigenvalue weighted by molar-refractivity contribution is 0.260. The molecule has 5 nitrogen and oxygen atoms in total. The molecule has 4 rings (SSSR count). The fraction of sp³-hybridized carbons (Fsp3) is 0.500. The highest BCUT2D eigenvalue weighted by Crippen LogP contribution is 2.22. The molecule has 2 aromatic rings. The van der Waals surface area contributed by atoms with E-state index in [1.807, 2.05) is 0 Å². The summed E-state index contributed by atoms with van der Waals surface area (Å²) in [6.07, 6.45) is 5.41. The Hall–Kier alpha value is -2.14. The molecule has 132 valence electrons. The van der Waals surface area contributed by atoms with Crippen LogP contribution in [0.5, 0.6) is 0 Å². The number of anilines is 2.